The summed E-state index contributed by atoms with van der Waals surface area (Å²) < 4.78 is 6.06. The molecule has 0 unspecified atom stereocenters. The van der Waals surface area contributed by atoms with Crippen LogP contribution in [0.3, 0.4) is 0 Å². The molecule has 9 nitrogen and oxygen atoms in total. The largest absolute Gasteiger partial charge is 0.457 e. The molecule has 42 heavy (non-hydrogen) atoms. The monoisotopic (exact) mass is 561 g/mol. The zero-order chi connectivity index (χ0) is 29.2. The molecule has 3 amide bonds. The van der Waals surface area contributed by atoms with Crippen molar-refractivity contribution in [3.8, 4) is 11.5 Å². The summed E-state index contributed by atoms with van der Waals surface area (Å²) in [5.41, 5.74) is 5.32. The molecule has 3 N–H and O–H groups in total. The number of fused-ring (bicyclic) bond motifs is 1. The maximum absolute atomic E-state index is 12.9. The van der Waals surface area contributed by atoms with Gasteiger partial charge in [-0.2, -0.15) is 0 Å². The van der Waals surface area contributed by atoms with E-state index in [1.165, 1.54) is 0 Å². The van der Waals surface area contributed by atoms with Gasteiger partial charge in [-0.25, -0.2) is 0 Å². The molecule has 1 saturated heterocycles. The minimum absolute atomic E-state index is 0.0131. The van der Waals surface area contributed by atoms with E-state index in [1.807, 2.05) is 36.1 Å². The number of nitrogens with one attached hydrogen (secondary N) is 3. The number of likely N-dealkylation sites (N-methyl/N-ethyl adjacent to an activating group) is 1. The number of hydrogen-bond acceptors (Lipinski definition) is 5. The maximum Gasteiger partial charge on any atom is 0.256 e. The SMILES string of the molecule is Cc1cccc(C(=O)Nc2cccc(Oc3ccc4c(c3)NC(=O)/C4=C\c3cc(C(=O)N4CCN(C)CC4)c[nH]3)c2)c1. The molecular formula is C33H31N5O4. The number of benzene rings is 3. The van der Waals surface area contributed by atoms with E-state index >= 15 is 0 Å². The van der Waals surface area contributed by atoms with Gasteiger partial charge in [0, 0.05) is 67.0 Å². The fraction of sp³-hybridized carbons (Fsp3) is 0.182. The second-order valence-corrected chi connectivity index (χ2v) is 10.6. The van der Waals surface area contributed by atoms with Gasteiger partial charge in [-0.3, -0.25) is 14.4 Å². The Balaban J connectivity index is 1.14. The van der Waals surface area contributed by atoms with Crippen LogP contribution in [-0.4, -0.2) is 65.7 Å². The van der Waals surface area contributed by atoms with Gasteiger partial charge in [-0.15, -0.1) is 0 Å². The molecule has 1 aromatic heterocycles. The van der Waals surface area contributed by atoms with Crippen molar-refractivity contribution in [2.45, 2.75) is 6.92 Å². The van der Waals surface area contributed by atoms with E-state index in [2.05, 4.69) is 27.6 Å². The highest BCUT2D eigenvalue weighted by molar-refractivity contribution is 6.35. The summed E-state index contributed by atoms with van der Waals surface area (Å²) in [6.07, 6.45) is 3.44. The number of piperazine rings is 1. The number of anilines is 2. The predicted molar refractivity (Wildman–Crippen MR) is 163 cm³/mol. The van der Waals surface area contributed by atoms with Gasteiger partial charge in [-0.1, -0.05) is 23.8 Å². The van der Waals surface area contributed by atoms with Crippen molar-refractivity contribution in [3.05, 3.63) is 107 Å². The highest BCUT2D eigenvalue weighted by Crippen LogP contribution is 2.37. The topological polar surface area (TPSA) is 107 Å². The van der Waals surface area contributed by atoms with Gasteiger partial charge in [0.25, 0.3) is 17.7 Å². The lowest BCUT2D eigenvalue weighted by molar-refractivity contribution is -0.110. The summed E-state index contributed by atoms with van der Waals surface area (Å²) in [5.74, 6) is 0.636. The fourth-order valence-electron chi connectivity index (χ4n) is 5.11. The lowest BCUT2D eigenvalue weighted by Crippen LogP contribution is -2.47. The first-order valence-corrected chi connectivity index (χ1v) is 13.8. The highest BCUT2D eigenvalue weighted by Gasteiger charge is 2.26. The van der Waals surface area contributed by atoms with Crippen molar-refractivity contribution in [1.29, 1.82) is 0 Å². The van der Waals surface area contributed by atoms with Gasteiger partial charge >= 0.3 is 0 Å². The number of ether oxygens (including phenoxy) is 1. The zero-order valence-electron chi connectivity index (χ0n) is 23.4. The molecule has 4 aromatic rings. The van der Waals surface area contributed by atoms with Gasteiger partial charge in [0.2, 0.25) is 0 Å². The van der Waals surface area contributed by atoms with Crippen LogP contribution in [0, 0.1) is 6.92 Å². The lowest BCUT2D eigenvalue weighted by atomic mass is 10.1. The van der Waals surface area contributed by atoms with Gasteiger partial charge < -0.3 is 30.2 Å². The van der Waals surface area contributed by atoms with Crippen LogP contribution in [0.15, 0.2) is 79.0 Å². The van der Waals surface area contributed by atoms with E-state index in [0.717, 1.165) is 24.2 Å². The standard InChI is InChI=1S/C33H31N5O4/c1-21-5-3-6-22(15-21)31(39)35-24-7-4-8-26(17-24)42-27-9-10-28-29(32(40)36-30(28)19-27)18-25-16-23(20-34-25)33(41)38-13-11-37(2)12-14-38/h3-10,15-20,34H,11-14H2,1-2H3,(H,35,39)(H,36,40)/b29-18-. The van der Waals surface area contributed by atoms with Crippen LogP contribution in [0.2, 0.25) is 0 Å². The molecule has 3 aromatic carbocycles. The van der Waals surface area contributed by atoms with E-state index < -0.39 is 0 Å². The molecule has 6 rings (SSSR count). The van der Waals surface area contributed by atoms with Gasteiger partial charge in [-0.05, 0) is 62.5 Å². The number of carbonyl (C=O) groups excluding carboxylic acids is 3. The molecular weight excluding hydrogens is 530 g/mol. The highest BCUT2D eigenvalue weighted by atomic mass is 16.5. The van der Waals surface area contributed by atoms with Crippen molar-refractivity contribution >= 4 is 40.7 Å². The van der Waals surface area contributed by atoms with E-state index in [-0.39, 0.29) is 17.7 Å². The van der Waals surface area contributed by atoms with Gasteiger partial charge in [0.15, 0.2) is 0 Å². The Morgan fingerprint density at radius 3 is 2.50 bits per heavy atom. The number of nitrogens with zero attached hydrogens (tertiary/aromatic N) is 2. The molecule has 0 bridgehead atoms. The molecule has 212 valence electrons. The number of aromatic amines is 1. The molecule has 0 saturated carbocycles. The number of hydrogen-bond donors (Lipinski definition) is 3. The van der Waals surface area contributed by atoms with Crippen LogP contribution in [0.1, 0.15) is 37.5 Å². The Morgan fingerprint density at radius 2 is 1.69 bits per heavy atom. The average Bonchev–Trinajstić information content (AvgIpc) is 3.57. The first kappa shape index (κ1) is 27.0. The number of aryl methyl sites for hydroxylation is 1. The maximum atomic E-state index is 12.9. The van der Waals surface area contributed by atoms with E-state index in [1.54, 1.807) is 60.8 Å². The van der Waals surface area contributed by atoms with Crippen LogP contribution in [0.25, 0.3) is 11.6 Å². The third kappa shape index (κ3) is 5.82. The first-order valence-electron chi connectivity index (χ1n) is 13.8. The first-order chi connectivity index (χ1) is 20.3. The van der Waals surface area contributed by atoms with Crippen molar-refractivity contribution in [1.82, 2.24) is 14.8 Å². The molecule has 2 aliphatic rings. The summed E-state index contributed by atoms with van der Waals surface area (Å²) in [6.45, 7) is 5.04. The summed E-state index contributed by atoms with van der Waals surface area (Å²) in [7, 11) is 2.05. The summed E-state index contributed by atoms with van der Waals surface area (Å²) in [5, 5.41) is 5.81. The second-order valence-electron chi connectivity index (χ2n) is 10.6. The molecule has 2 aliphatic heterocycles. The molecule has 0 radical (unpaired) electrons. The van der Waals surface area contributed by atoms with Crippen LogP contribution >= 0.6 is 0 Å². The van der Waals surface area contributed by atoms with E-state index in [0.29, 0.717) is 58.4 Å². The number of carbonyl (C=O) groups is 3. The third-order valence-corrected chi connectivity index (χ3v) is 7.42. The van der Waals surface area contributed by atoms with Crippen LogP contribution in [0.5, 0.6) is 11.5 Å². The lowest BCUT2D eigenvalue weighted by Gasteiger charge is -2.32. The van der Waals surface area contributed by atoms with E-state index in [4.69, 9.17) is 4.74 Å². The van der Waals surface area contributed by atoms with Gasteiger partial charge in [0.05, 0.1) is 16.8 Å². The fourth-order valence-corrected chi connectivity index (χ4v) is 5.11. The Hall–Kier alpha value is -5.15. The second kappa shape index (κ2) is 11.4. The number of aromatic nitrogens is 1. The smallest absolute Gasteiger partial charge is 0.256 e. The molecule has 1 fully saturated rings. The van der Waals surface area contributed by atoms with Crippen molar-refractivity contribution in [2.75, 3.05) is 43.9 Å². The van der Waals surface area contributed by atoms with Crippen molar-refractivity contribution in [2.24, 2.45) is 0 Å². The quantitative estimate of drug-likeness (QED) is 0.279. The third-order valence-electron chi connectivity index (χ3n) is 7.42. The summed E-state index contributed by atoms with van der Waals surface area (Å²) in [4.78, 5) is 45.6. The van der Waals surface area contributed by atoms with Crippen LogP contribution in [-0.2, 0) is 4.79 Å². The van der Waals surface area contributed by atoms with Gasteiger partial charge in [0.1, 0.15) is 11.5 Å². The summed E-state index contributed by atoms with van der Waals surface area (Å²) >= 11 is 0. The minimum Gasteiger partial charge on any atom is -0.457 e. The van der Waals surface area contributed by atoms with Crippen LogP contribution < -0.4 is 15.4 Å². The Labute approximate surface area is 243 Å². The molecule has 0 spiro atoms. The number of H-pyrrole nitrogens is 1. The Kier molecular flexibility index (Phi) is 7.33. The Morgan fingerprint density at radius 1 is 0.905 bits per heavy atom. The minimum atomic E-state index is -0.232. The molecule has 9 heteroatoms. The number of amides is 3. The van der Waals surface area contributed by atoms with Crippen LogP contribution in [0.4, 0.5) is 11.4 Å². The van der Waals surface area contributed by atoms with E-state index in [9.17, 15) is 14.4 Å². The molecule has 0 atom stereocenters. The molecule has 3 heterocycles. The Bertz CT molecular complexity index is 1710. The summed E-state index contributed by atoms with van der Waals surface area (Å²) in [6, 6.07) is 21.7. The molecule has 0 aliphatic carbocycles. The zero-order valence-corrected chi connectivity index (χ0v) is 23.4. The normalized spacial score (nSPS) is 15.8. The van der Waals surface area contributed by atoms with Crippen molar-refractivity contribution < 1.29 is 19.1 Å². The number of rotatable bonds is 6. The predicted octanol–water partition coefficient (Wildman–Crippen LogP) is 5.25. The average molecular weight is 562 g/mol. The van der Waals surface area contributed by atoms with Crippen molar-refractivity contribution in [3.63, 3.8) is 0 Å².